The van der Waals surface area contributed by atoms with Crippen LogP contribution in [0.2, 0.25) is 0 Å². The second-order valence-electron chi connectivity index (χ2n) is 4.47. The molecule has 1 N–H and O–H groups in total. The smallest absolute Gasteiger partial charge is 0.371 e. The van der Waals surface area contributed by atoms with Gasteiger partial charge in [0.05, 0.1) is 6.07 Å². The molecule has 0 saturated heterocycles. The molecule has 0 unspecified atom stereocenters. The molecular formula is C13H18N2O3. The lowest BCUT2D eigenvalue weighted by molar-refractivity contribution is 0.0661. The number of hydrogen-bond donors (Lipinski definition) is 1. The highest BCUT2D eigenvalue weighted by Gasteiger charge is 2.17. The van der Waals surface area contributed by atoms with Crippen LogP contribution in [0.25, 0.3) is 0 Å². The third-order valence-electron chi connectivity index (χ3n) is 2.85. The molecule has 0 fully saturated rings. The molecule has 0 aliphatic rings. The molecule has 98 valence electrons. The van der Waals surface area contributed by atoms with E-state index in [9.17, 15) is 4.79 Å². The van der Waals surface area contributed by atoms with Crippen LogP contribution in [0.15, 0.2) is 10.5 Å². The van der Waals surface area contributed by atoms with Gasteiger partial charge in [-0.2, -0.15) is 5.26 Å². The number of nitrogens with zero attached hydrogens (tertiary/aromatic N) is 2. The molecule has 1 rings (SSSR count). The third kappa shape index (κ3) is 3.60. The van der Waals surface area contributed by atoms with Gasteiger partial charge in [-0.1, -0.05) is 0 Å². The predicted molar refractivity (Wildman–Crippen MR) is 66.2 cm³/mol. The van der Waals surface area contributed by atoms with Crippen LogP contribution in [-0.4, -0.2) is 28.6 Å². The summed E-state index contributed by atoms with van der Waals surface area (Å²) in [6, 6.07) is 3.97. The van der Waals surface area contributed by atoms with Crippen LogP contribution in [-0.2, 0) is 6.54 Å². The molecule has 0 amide bonds. The average molecular weight is 250 g/mol. The lowest BCUT2D eigenvalue weighted by Crippen LogP contribution is -2.31. The summed E-state index contributed by atoms with van der Waals surface area (Å²) in [4.78, 5) is 12.9. The summed E-state index contributed by atoms with van der Waals surface area (Å²) >= 11 is 0. The highest BCUT2D eigenvalue weighted by atomic mass is 16.4. The molecule has 0 spiro atoms. The van der Waals surface area contributed by atoms with Crippen molar-refractivity contribution in [3.8, 4) is 6.07 Å². The number of aryl methyl sites for hydroxylation is 1. The topological polar surface area (TPSA) is 77.5 Å². The number of aromatic carboxylic acids is 1. The number of carbonyl (C=O) groups is 1. The Morgan fingerprint density at radius 2 is 2.28 bits per heavy atom. The quantitative estimate of drug-likeness (QED) is 0.838. The Morgan fingerprint density at radius 1 is 1.61 bits per heavy atom. The van der Waals surface area contributed by atoms with E-state index in [0.29, 0.717) is 31.3 Å². The molecule has 1 aromatic rings. The number of rotatable bonds is 6. The van der Waals surface area contributed by atoms with Crippen LogP contribution in [0.5, 0.6) is 0 Å². The minimum Gasteiger partial charge on any atom is -0.475 e. The van der Waals surface area contributed by atoms with E-state index in [2.05, 4.69) is 11.0 Å². The van der Waals surface area contributed by atoms with Crippen molar-refractivity contribution >= 4 is 5.97 Å². The first kappa shape index (κ1) is 14.3. The van der Waals surface area contributed by atoms with Crippen molar-refractivity contribution in [3.05, 3.63) is 23.2 Å². The van der Waals surface area contributed by atoms with E-state index in [4.69, 9.17) is 14.8 Å². The molecule has 1 aromatic heterocycles. The van der Waals surface area contributed by atoms with Crippen molar-refractivity contribution in [1.29, 1.82) is 5.26 Å². The normalized spacial score (nSPS) is 10.9. The van der Waals surface area contributed by atoms with Crippen molar-refractivity contribution in [1.82, 2.24) is 4.90 Å². The maximum atomic E-state index is 10.8. The fourth-order valence-electron chi connectivity index (χ4n) is 1.71. The van der Waals surface area contributed by atoms with E-state index < -0.39 is 5.97 Å². The monoisotopic (exact) mass is 250 g/mol. The SMILES string of the molecule is Cc1oc(C(=O)O)cc1CN(CCC#N)C(C)C. The van der Waals surface area contributed by atoms with Crippen LogP contribution >= 0.6 is 0 Å². The Bertz CT molecular complexity index is 457. The van der Waals surface area contributed by atoms with Gasteiger partial charge in [0.15, 0.2) is 0 Å². The second-order valence-corrected chi connectivity index (χ2v) is 4.47. The second kappa shape index (κ2) is 6.22. The van der Waals surface area contributed by atoms with Gasteiger partial charge in [0.2, 0.25) is 5.76 Å². The van der Waals surface area contributed by atoms with Crippen LogP contribution in [0.3, 0.4) is 0 Å². The molecule has 0 atom stereocenters. The predicted octanol–water partition coefficient (Wildman–Crippen LogP) is 2.41. The summed E-state index contributed by atoms with van der Waals surface area (Å²) in [5.74, 6) is -0.473. The first-order chi connectivity index (χ1) is 8.45. The minimum absolute atomic E-state index is 0.0357. The van der Waals surface area contributed by atoms with E-state index in [1.807, 2.05) is 13.8 Å². The summed E-state index contributed by atoms with van der Waals surface area (Å²) < 4.78 is 5.17. The van der Waals surface area contributed by atoms with Gasteiger partial charge in [-0.15, -0.1) is 0 Å². The van der Waals surface area contributed by atoms with Gasteiger partial charge in [0.1, 0.15) is 5.76 Å². The standard InChI is InChI=1S/C13H18N2O3/c1-9(2)15(6-4-5-14)8-11-7-12(13(16)17)18-10(11)3/h7,9H,4,6,8H2,1-3H3,(H,16,17). The molecule has 0 aromatic carbocycles. The van der Waals surface area contributed by atoms with Gasteiger partial charge >= 0.3 is 5.97 Å². The van der Waals surface area contributed by atoms with Crippen LogP contribution < -0.4 is 0 Å². The number of hydrogen-bond acceptors (Lipinski definition) is 4. The number of furan rings is 1. The Morgan fingerprint density at radius 3 is 2.72 bits per heavy atom. The third-order valence-corrected chi connectivity index (χ3v) is 2.85. The summed E-state index contributed by atoms with van der Waals surface area (Å²) in [5.41, 5.74) is 0.860. The highest BCUT2D eigenvalue weighted by molar-refractivity contribution is 5.84. The molecule has 5 nitrogen and oxygen atoms in total. The zero-order chi connectivity index (χ0) is 13.7. The van der Waals surface area contributed by atoms with Gasteiger partial charge in [0.25, 0.3) is 0 Å². The summed E-state index contributed by atoms with van der Waals surface area (Å²) in [6.45, 7) is 7.11. The Kier molecular flexibility index (Phi) is 4.93. The zero-order valence-corrected chi connectivity index (χ0v) is 10.9. The van der Waals surface area contributed by atoms with Gasteiger partial charge in [-0.3, -0.25) is 4.90 Å². The van der Waals surface area contributed by atoms with E-state index in [1.54, 1.807) is 13.0 Å². The van der Waals surface area contributed by atoms with Crippen LogP contribution in [0.4, 0.5) is 0 Å². The van der Waals surface area contributed by atoms with Gasteiger partial charge < -0.3 is 9.52 Å². The molecule has 0 aliphatic heterocycles. The van der Waals surface area contributed by atoms with Gasteiger partial charge in [-0.05, 0) is 26.8 Å². The molecule has 1 heterocycles. The first-order valence-electron chi connectivity index (χ1n) is 5.89. The lowest BCUT2D eigenvalue weighted by atomic mass is 10.2. The van der Waals surface area contributed by atoms with Crippen molar-refractivity contribution in [3.63, 3.8) is 0 Å². The maximum absolute atomic E-state index is 10.8. The van der Waals surface area contributed by atoms with Crippen molar-refractivity contribution in [2.45, 2.75) is 39.8 Å². The summed E-state index contributed by atoms with van der Waals surface area (Å²) in [7, 11) is 0. The summed E-state index contributed by atoms with van der Waals surface area (Å²) in [6.07, 6.45) is 0.459. The minimum atomic E-state index is -1.06. The largest absolute Gasteiger partial charge is 0.475 e. The van der Waals surface area contributed by atoms with E-state index in [0.717, 1.165) is 5.56 Å². The number of carboxylic acids is 1. The van der Waals surface area contributed by atoms with E-state index in [1.165, 1.54) is 0 Å². The lowest BCUT2D eigenvalue weighted by Gasteiger charge is -2.25. The average Bonchev–Trinajstić information content (AvgIpc) is 2.66. The van der Waals surface area contributed by atoms with Crippen LogP contribution in [0.1, 0.15) is 42.1 Å². The van der Waals surface area contributed by atoms with Crippen molar-refractivity contribution in [2.75, 3.05) is 6.54 Å². The number of carboxylic acid groups (broad SMARTS) is 1. The Labute approximate surface area is 107 Å². The zero-order valence-electron chi connectivity index (χ0n) is 10.9. The van der Waals surface area contributed by atoms with Gasteiger partial charge in [0, 0.05) is 31.1 Å². The van der Waals surface area contributed by atoms with Crippen LogP contribution in [0, 0.1) is 18.3 Å². The molecule has 18 heavy (non-hydrogen) atoms. The highest BCUT2D eigenvalue weighted by Crippen LogP contribution is 2.18. The molecule has 5 heteroatoms. The Hall–Kier alpha value is -1.80. The van der Waals surface area contributed by atoms with Gasteiger partial charge in [-0.25, -0.2) is 4.79 Å². The first-order valence-corrected chi connectivity index (χ1v) is 5.89. The number of nitriles is 1. The van der Waals surface area contributed by atoms with E-state index >= 15 is 0 Å². The van der Waals surface area contributed by atoms with Crippen molar-refractivity contribution < 1.29 is 14.3 Å². The molecule has 0 aliphatic carbocycles. The molecule has 0 radical (unpaired) electrons. The fraction of sp³-hybridized carbons (Fsp3) is 0.538. The maximum Gasteiger partial charge on any atom is 0.371 e. The molecule has 0 saturated carbocycles. The summed E-state index contributed by atoms with van der Waals surface area (Å²) in [5, 5.41) is 17.5. The van der Waals surface area contributed by atoms with Crippen molar-refractivity contribution in [2.24, 2.45) is 0 Å². The Balaban J connectivity index is 2.80. The molecule has 0 bridgehead atoms. The van der Waals surface area contributed by atoms with E-state index in [-0.39, 0.29) is 5.76 Å². The molecular weight excluding hydrogens is 232 g/mol. The fourth-order valence-corrected chi connectivity index (χ4v) is 1.71.